The van der Waals surface area contributed by atoms with Gasteiger partial charge in [-0.2, -0.15) is 5.10 Å². The number of hydrogen-bond donors (Lipinski definition) is 1. The van der Waals surface area contributed by atoms with E-state index in [9.17, 15) is 4.79 Å². The van der Waals surface area contributed by atoms with Gasteiger partial charge in [0.2, 0.25) is 0 Å². The van der Waals surface area contributed by atoms with E-state index in [0.717, 1.165) is 29.5 Å². The second kappa shape index (κ2) is 7.25. The molecule has 1 saturated heterocycles. The first-order valence-corrected chi connectivity index (χ1v) is 9.51. The van der Waals surface area contributed by atoms with Gasteiger partial charge in [-0.25, -0.2) is 9.97 Å². The van der Waals surface area contributed by atoms with Crippen molar-refractivity contribution in [2.45, 2.75) is 19.4 Å². The Bertz CT molecular complexity index is 898. The summed E-state index contributed by atoms with van der Waals surface area (Å²) in [4.78, 5) is 24.7. The molecule has 3 aromatic heterocycles. The van der Waals surface area contributed by atoms with Crippen LogP contribution in [0.2, 0.25) is 0 Å². The number of aromatic nitrogens is 4. The minimum Gasteiger partial charge on any atom is -0.357 e. The minimum absolute atomic E-state index is 0.182. The monoisotopic (exact) mass is 368 g/mol. The van der Waals surface area contributed by atoms with Crippen molar-refractivity contribution in [2.24, 2.45) is 7.05 Å². The molecule has 3 aromatic rings. The molecule has 1 amide bonds. The lowest BCUT2D eigenvalue weighted by Crippen LogP contribution is -2.26. The highest BCUT2D eigenvalue weighted by Crippen LogP contribution is 2.23. The van der Waals surface area contributed by atoms with Crippen LogP contribution >= 0.6 is 11.3 Å². The molecular weight excluding hydrogens is 348 g/mol. The van der Waals surface area contributed by atoms with Crippen LogP contribution in [0, 0.1) is 0 Å². The number of amides is 1. The van der Waals surface area contributed by atoms with Gasteiger partial charge in [0.15, 0.2) is 0 Å². The molecule has 0 aliphatic carbocycles. The van der Waals surface area contributed by atoms with Crippen LogP contribution in [-0.4, -0.2) is 38.7 Å². The molecule has 134 valence electrons. The number of thiophene rings is 1. The van der Waals surface area contributed by atoms with Crippen LogP contribution in [0.3, 0.4) is 0 Å². The number of nitrogens with one attached hydrogen (secondary N) is 1. The van der Waals surface area contributed by atoms with E-state index in [1.165, 1.54) is 12.8 Å². The standard InChI is InChI=1S/C18H20N6OS/c1-23-14(11-13(22-23)15-5-4-10-26-15)18(25)20-12-16-19-7-6-17(21-16)24-8-2-3-9-24/h4-7,10-11H,2-3,8-9,12H2,1H3,(H,20,25). The molecule has 1 N–H and O–H groups in total. The maximum absolute atomic E-state index is 12.5. The first-order chi connectivity index (χ1) is 12.7. The van der Waals surface area contributed by atoms with E-state index >= 15 is 0 Å². The third kappa shape index (κ3) is 3.45. The van der Waals surface area contributed by atoms with Crippen LogP contribution in [0.5, 0.6) is 0 Å². The minimum atomic E-state index is -0.182. The van der Waals surface area contributed by atoms with Gasteiger partial charge in [0.1, 0.15) is 23.0 Å². The molecule has 0 spiro atoms. The summed E-state index contributed by atoms with van der Waals surface area (Å²) in [5.74, 6) is 1.36. The molecule has 1 aliphatic heterocycles. The Labute approximate surface area is 155 Å². The molecule has 0 unspecified atom stereocenters. The van der Waals surface area contributed by atoms with Crippen molar-refractivity contribution in [1.82, 2.24) is 25.1 Å². The van der Waals surface area contributed by atoms with Gasteiger partial charge >= 0.3 is 0 Å². The summed E-state index contributed by atoms with van der Waals surface area (Å²) < 4.78 is 1.60. The fourth-order valence-electron chi connectivity index (χ4n) is 3.07. The largest absolute Gasteiger partial charge is 0.357 e. The Morgan fingerprint density at radius 2 is 2.15 bits per heavy atom. The Morgan fingerprint density at radius 1 is 1.31 bits per heavy atom. The predicted molar refractivity (Wildman–Crippen MR) is 101 cm³/mol. The lowest BCUT2D eigenvalue weighted by molar-refractivity contribution is 0.0940. The topological polar surface area (TPSA) is 75.9 Å². The smallest absolute Gasteiger partial charge is 0.269 e. The highest BCUT2D eigenvalue weighted by molar-refractivity contribution is 7.13. The van der Waals surface area contributed by atoms with E-state index in [4.69, 9.17) is 0 Å². The zero-order chi connectivity index (χ0) is 17.9. The fraction of sp³-hybridized carbons (Fsp3) is 0.333. The van der Waals surface area contributed by atoms with Crippen LogP contribution in [0.4, 0.5) is 5.82 Å². The fourth-order valence-corrected chi connectivity index (χ4v) is 3.75. The zero-order valence-corrected chi connectivity index (χ0v) is 15.4. The highest BCUT2D eigenvalue weighted by Gasteiger charge is 2.16. The third-order valence-corrected chi connectivity index (χ3v) is 5.31. The summed E-state index contributed by atoms with van der Waals surface area (Å²) in [7, 11) is 1.77. The Hall–Kier alpha value is -2.74. The van der Waals surface area contributed by atoms with Gasteiger partial charge < -0.3 is 10.2 Å². The molecule has 26 heavy (non-hydrogen) atoms. The first kappa shape index (κ1) is 16.7. The van der Waals surface area contributed by atoms with E-state index in [0.29, 0.717) is 18.1 Å². The Morgan fingerprint density at radius 3 is 2.92 bits per heavy atom. The van der Waals surface area contributed by atoms with Crippen molar-refractivity contribution >= 4 is 23.1 Å². The lowest BCUT2D eigenvalue weighted by atomic mass is 10.3. The SMILES string of the molecule is Cn1nc(-c2cccs2)cc1C(=O)NCc1nccc(N2CCCC2)n1. The van der Waals surface area contributed by atoms with Gasteiger partial charge in [0.05, 0.1) is 11.4 Å². The number of aryl methyl sites for hydroxylation is 1. The van der Waals surface area contributed by atoms with E-state index in [1.807, 2.05) is 29.6 Å². The van der Waals surface area contributed by atoms with E-state index in [2.05, 4.69) is 25.3 Å². The average Bonchev–Trinajstić information content (AvgIpc) is 3.40. The van der Waals surface area contributed by atoms with Crippen molar-refractivity contribution in [3.05, 3.63) is 47.4 Å². The number of anilines is 1. The molecule has 1 aliphatic rings. The Balaban J connectivity index is 1.43. The summed E-state index contributed by atoms with van der Waals surface area (Å²) in [5.41, 5.74) is 1.32. The molecule has 0 saturated carbocycles. The number of hydrogen-bond acceptors (Lipinski definition) is 6. The Kier molecular flexibility index (Phi) is 4.66. The molecule has 4 heterocycles. The molecule has 1 fully saturated rings. The van der Waals surface area contributed by atoms with Crippen LogP contribution in [0.1, 0.15) is 29.2 Å². The highest BCUT2D eigenvalue weighted by atomic mass is 32.1. The molecule has 8 heteroatoms. The van der Waals surface area contributed by atoms with Crippen LogP contribution in [0.15, 0.2) is 35.8 Å². The van der Waals surface area contributed by atoms with Crippen LogP contribution < -0.4 is 10.2 Å². The number of carbonyl (C=O) groups is 1. The predicted octanol–water partition coefficient (Wildman–Crippen LogP) is 2.47. The van der Waals surface area contributed by atoms with Gasteiger partial charge in [-0.3, -0.25) is 9.48 Å². The normalized spacial score (nSPS) is 14.0. The van der Waals surface area contributed by atoms with Crippen molar-refractivity contribution < 1.29 is 4.79 Å². The summed E-state index contributed by atoms with van der Waals surface area (Å²) in [6, 6.07) is 7.69. The molecule has 0 bridgehead atoms. The van der Waals surface area contributed by atoms with Gasteiger partial charge in [0, 0.05) is 26.3 Å². The molecule has 7 nitrogen and oxygen atoms in total. The van der Waals surface area contributed by atoms with Gasteiger partial charge in [-0.05, 0) is 36.4 Å². The van der Waals surface area contributed by atoms with E-state index < -0.39 is 0 Å². The van der Waals surface area contributed by atoms with Gasteiger partial charge in [-0.15, -0.1) is 11.3 Å². The second-order valence-electron chi connectivity index (χ2n) is 6.22. The molecule has 0 aromatic carbocycles. The maximum Gasteiger partial charge on any atom is 0.269 e. The number of nitrogens with zero attached hydrogens (tertiary/aromatic N) is 5. The summed E-state index contributed by atoms with van der Waals surface area (Å²) in [6.45, 7) is 2.35. The first-order valence-electron chi connectivity index (χ1n) is 8.64. The third-order valence-electron chi connectivity index (χ3n) is 4.41. The van der Waals surface area contributed by atoms with Crippen LogP contribution in [0.25, 0.3) is 10.6 Å². The van der Waals surface area contributed by atoms with Crippen molar-refractivity contribution in [3.8, 4) is 10.6 Å². The average molecular weight is 368 g/mol. The molecular formula is C18H20N6OS. The second-order valence-corrected chi connectivity index (χ2v) is 7.17. The summed E-state index contributed by atoms with van der Waals surface area (Å²) in [5, 5.41) is 9.31. The summed E-state index contributed by atoms with van der Waals surface area (Å²) >= 11 is 1.60. The van der Waals surface area contributed by atoms with Crippen molar-refractivity contribution in [2.75, 3.05) is 18.0 Å². The van der Waals surface area contributed by atoms with Crippen molar-refractivity contribution in [1.29, 1.82) is 0 Å². The van der Waals surface area contributed by atoms with E-state index in [-0.39, 0.29) is 5.91 Å². The molecule has 0 radical (unpaired) electrons. The quantitative estimate of drug-likeness (QED) is 0.749. The van der Waals surface area contributed by atoms with Crippen LogP contribution in [-0.2, 0) is 13.6 Å². The number of rotatable bonds is 5. The maximum atomic E-state index is 12.5. The van der Waals surface area contributed by atoms with Gasteiger partial charge in [-0.1, -0.05) is 6.07 Å². The van der Waals surface area contributed by atoms with E-state index in [1.54, 1.807) is 29.3 Å². The van der Waals surface area contributed by atoms with Gasteiger partial charge in [0.25, 0.3) is 5.91 Å². The summed E-state index contributed by atoms with van der Waals surface area (Å²) in [6.07, 6.45) is 4.15. The number of carbonyl (C=O) groups excluding carboxylic acids is 1. The molecule has 4 rings (SSSR count). The van der Waals surface area contributed by atoms with Crippen molar-refractivity contribution in [3.63, 3.8) is 0 Å². The molecule has 0 atom stereocenters. The lowest BCUT2D eigenvalue weighted by Gasteiger charge is -2.16. The zero-order valence-electron chi connectivity index (χ0n) is 14.6.